The molecule has 2 aliphatic rings. The SMILES string of the molecule is COc1cc2c(cc1OC)[C@@H](CNC(=O)C1CC1)C2. The van der Waals surface area contributed by atoms with E-state index in [2.05, 4.69) is 5.32 Å². The third-order valence-corrected chi connectivity index (χ3v) is 4.02. The maximum absolute atomic E-state index is 11.6. The van der Waals surface area contributed by atoms with E-state index >= 15 is 0 Å². The van der Waals surface area contributed by atoms with Crippen LogP contribution < -0.4 is 14.8 Å². The fourth-order valence-corrected chi connectivity index (χ4v) is 2.63. The lowest BCUT2D eigenvalue weighted by atomic mass is 9.77. The molecule has 1 aromatic carbocycles. The van der Waals surface area contributed by atoms with Crippen LogP contribution >= 0.6 is 0 Å². The molecule has 0 aliphatic heterocycles. The van der Waals surface area contributed by atoms with Crippen molar-refractivity contribution in [3.8, 4) is 11.5 Å². The van der Waals surface area contributed by atoms with Crippen LogP contribution in [0.5, 0.6) is 11.5 Å². The number of ether oxygens (including phenoxy) is 2. The van der Waals surface area contributed by atoms with Crippen LogP contribution in [0.4, 0.5) is 0 Å². The van der Waals surface area contributed by atoms with E-state index in [4.69, 9.17) is 9.47 Å². The Morgan fingerprint density at radius 3 is 2.58 bits per heavy atom. The summed E-state index contributed by atoms with van der Waals surface area (Å²) >= 11 is 0. The van der Waals surface area contributed by atoms with E-state index in [0.717, 1.165) is 37.3 Å². The van der Waals surface area contributed by atoms with Crippen LogP contribution in [0.25, 0.3) is 0 Å². The zero-order valence-corrected chi connectivity index (χ0v) is 11.4. The Hall–Kier alpha value is -1.71. The van der Waals surface area contributed by atoms with Gasteiger partial charge in [0.05, 0.1) is 14.2 Å². The van der Waals surface area contributed by atoms with E-state index < -0.39 is 0 Å². The lowest BCUT2D eigenvalue weighted by molar-refractivity contribution is -0.122. The molecule has 0 unspecified atom stereocenters. The third-order valence-electron chi connectivity index (χ3n) is 4.02. The minimum absolute atomic E-state index is 0.217. The van der Waals surface area contributed by atoms with E-state index in [9.17, 15) is 4.79 Å². The molecule has 2 aliphatic carbocycles. The highest BCUT2D eigenvalue weighted by Gasteiger charge is 2.32. The second-order valence-corrected chi connectivity index (χ2v) is 5.33. The van der Waals surface area contributed by atoms with Crippen LogP contribution in [0.1, 0.15) is 29.9 Å². The summed E-state index contributed by atoms with van der Waals surface area (Å²) in [5.74, 6) is 2.46. The van der Waals surface area contributed by atoms with Gasteiger partial charge in [-0.2, -0.15) is 0 Å². The average molecular weight is 261 g/mol. The molecule has 1 N–H and O–H groups in total. The summed E-state index contributed by atoms with van der Waals surface area (Å²) in [7, 11) is 3.29. The quantitative estimate of drug-likeness (QED) is 0.880. The highest BCUT2D eigenvalue weighted by atomic mass is 16.5. The number of fused-ring (bicyclic) bond motifs is 1. The second-order valence-electron chi connectivity index (χ2n) is 5.33. The Bertz CT molecular complexity index is 508. The van der Waals surface area contributed by atoms with Crippen molar-refractivity contribution in [1.82, 2.24) is 5.32 Å². The molecule has 0 radical (unpaired) electrons. The lowest BCUT2D eigenvalue weighted by Crippen LogP contribution is -2.34. The molecule has 1 atom stereocenters. The van der Waals surface area contributed by atoms with Crippen molar-refractivity contribution >= 4 is 5.91 Å². The van der Waals surface area contributed by atoms with E-state index in [0.29, 0.717) is 5.92 Å². The molecule has 0 bridgehead atoms. The maximum atomic E-state index is 11.6. The summed E-state index contributed by atoms with van der Waals surface area (Å²) < 4.78 is 10.6. The summed E-state index contributed by atoms with van der Waals surface area (Å²) in [6, 6.07) is 4.07. The van der Waals surface area contributed by atoms with Gasteiger partial charge in [0.25, 0.3) is 0 Å². The van der Waals surface area contributed by atoms with Crippen molar-refractivity contribution in [3.63, 3.8) is 0 Å². The molecule has 0 aromatic heterocycles. The maximum Gasteiger partial charge on any atom is 0.223 e. The van der Waals surface area contributed by atoms with Crippen molar-refractivity contribution in [2.24, 2.45) is 5.92 Å². The Kier molecular flexibility index (Phi) is 3.09. The summed E-state index contributed by atoms with van der Waals surface area (Å²) in [4.78, 5) is 11.6. The predicted octanol–water partition coefficient (Wildman–Crippen LogP) is 1.87. The number of nitrogens with one attached hydrogen (secondary N) is 1. The van der Waals surface area contributed by atoms with Crippen molar-refractivity contribution in [3.05, 3.63) is 23.3 Å². The summed E-state index contributed by atoms with van der Waals surface area (Å²) in [5.41, 5.74) is 2.57. The van der Waals surface area contributed by atoms with Gasteiger partial charge in [0.2, 0.25) is 5.91 Å². The minimum atomic E-state index is 0.217. The van der Waals surface area contributed by atoms with Crippen LogP contribution in [-0.4, -0.2) is 26.7 Å². The van der Waals surface area contributed by atoms with Gasteiger partial charge in [-0.1, -0.05) is 0 Å². The van der Waals surface area contributed by atoms with Crippen LogP contribution in [0, 0.1) is 5.92 Å². The molecular weight excluding hydrogens is 242 g/mol. The number of hydrogen-bond acceptors (Lipinski definition) is 3. The molecule has 102 valence electrons. The first kappa shape index (κ1) is 12.3. The summed E-state index contributed by atoms with van der Waals surface area (Å²) in [6.07, 6.45) is 3.11. The number of hydrogen-bond donors (Lipinski definition) is 1. The summed E-state index contributed by atoms with van der Waals surface area (Å²) in [6.45, 7) is 0.734. The molecule has 1 aromatic rings. The lowest BCUT2D eigenvalue weighted by Gasteiger charge is -2.31. The van der Waals surface area contributed by atoms with Gasteiger partial charge in [0.1, 0.15) is 0 Å². The Morgan fingerprint density at radius 1 is 1.26 bits per heavy atom. The number of benzene rings is 1. The van der Waals surface area contributed by atoms with Gasteiger partial charge < -0.3 is 14.8 Å². The van der Waals surface area contributed by atoms with E-state index in [1.54, 1.807) is 14.2 Å². The number of carbonyl (C=O) groups excluding carboxylic acids is 1. The molecule has 0 heterocycles. The standard InChI is InChI=1S/C15H19NO3/c1-18-13-6-10-5-11(12(10)7-14(13)19-2)8-16-15(17)9-3-4-9/h6-7,9,11H,3-5,8H2,1-2H3,(H,16,17)/t11-/m1/s1. The number of amides is 1. The second kappa shape index (κ2) is 4.76. The molecule has 1 saturated carbocycles. The largest absolute Gasteiger partial charge is 0.493 e. The molecule has 4 nitrogen and oxygen atoms in total. The van der Waals surface area contributed by atoms with Gasteiger partial charge in [0.15, 0.2) is 11.5 Å². The van der Waals surface area contributed by atoms with E-state index in [1.165, 1.54) is 11.1 Å². The van der Waals surface area contributed by atoms with Crippen molar-refractivity contribution < 1.29 is 14.3 Å². The van der Waals surface area contributed by atoms with E-state index in [1.807, 2.05) is 12.1 Å². The normalized spacial score (nSPS) is 20.2. The van der Waals surface area contributed by atoms with Crippen LogP contribution in [0.2, 0.25) is 0 Å². The number of rotatable bonds is 5. The first-order valence-electron chi connectivity index (χ1n) is 6.75. The molecule has 1 amide bonds. The zero-order chi connectivity index (χ0) is 13.4. The monoisotopic (exact) mass is 261 g/mol. The number of methoxy groups -OCH3 is 2. The van der Waals surface area contributed by atoms with E-state index in [-0.39, 0.29) is 11.8 Å². The zero-order valence-electron chi connectivity index (χ0n) is 11.4. The fraction of sp³-hybridized carbons (Fsp3) is 0.533. The molecule has 4 heteroatoms. The third kappa shape index (κ3) is 2.27. The van der Waals surface area contributed by atoms with Gasteiger partial charge in [-0.25, -0.2) is 0 Å². The minimum Gasteiger partial charge on any atom is -0.493 e. The first-order valence-corrected chi connectivity index (χ1v) is 6.75. The molecule has 0 saturated heterocycles. The fourth-order valence-electron chi connectivity index (χ4n) is 2.63. The predicted molar refractivity (Wildman–Crippen MR) is 71.7 cm³/mol. The average Bonchev–Trinajstić information content (AvgIpc) is 3.23. The number of carbonyl (C=O) groups is 1. The van der Waals surface area contributed by atoms with Crippen LogP contribution in [-0.2, 0) is 11.2 Å². The summed E-state index contributed by atoms with van der Waals surface area (Å²) in [5, 5.41) is 3.04. The first-order chi connectivity index (χ1) is 9.22. The van der Waals surface area contributed by atoms with Crippen molar-refractivity contribution in [2.45, 2.75) is 25.2 Å². The molecule has 19 heavy (non-hydrogen) atoms. The Balaban J connectivity index is 1.66. The smallest absolute Gasteiger partial charge is 0.223 e. The van der Waals surface area contributed by atoms with Crippen molar-refractivity contribution in [2.75, 3.05) is 20.8 Å². The van der Waals surface area contributed by atoms with Gasteiger partial charge in [0, 0.05) is 18.4 Å². The van der Waals surface area contributed by atoms with Crippen LogP contribution in [0.15, 0.2) is 12.1 Å². The topological polar surface area (TPSA) is 47.6 Å². The van der Waals surface area contributed by atoms with Gasteiger partial charge >= 0.3 is 0 Å². The van der Waals surface area contributed by atoms with Crippen LogP contribution in [0.3, 0.4) is 0 Å². The Morgan fingerprint density at radius 2 is 1.95 bits per heavy atom. The highest BCUT2D eigenvalue weighted by Crippen LogP contribution is 2.42. The van der Waals surface area contributed by atoms with Gasteiger partial charge in [-0.05, 0) is 42.5 Å². The van der Waals surface area contributed by atoms with Gasteiger partial charge in [-0.3, -0.25) is 4.79 Å². The Labute approximate surface area is 113 Å². The van der Waals surface area contributed by atoms with Crippen molar-refractivity contribution in [1.29, 1.82) is 0 Å². The molecular formula is C15H19NO3. The molecule has 3 rings (SSSR count). The molecule has 1 fully saturated rings. The molecule has 0 spiro atoms. The highest BCUT2D eigenvalue weighted by molar-refractivity contribution is 5.80. The van der Waals surface area contributed by atoms with Gasteiger partial charge in [-0.15, -0.1) is 0 Å².